The van der Waals surface area contributed by atoms with Crippen molar-refractivity contribution in [3.05, 3.63) is 0 Å². The zero-order valence-electron chi connectivity index (χ0n) is 7.59. The molecular weight excluding hydrogens is 162 g/mol. The summed E-state index contributed by atoms with van der Waals surface area (Å²) in [7, 11) is 1.58. The highest BCUT2D eigenvalue weighted by molar-refractivity contribution is 7.76. The predicted molar refractivity (Wildman–Crippen MR) is 45.6 cm³/mol. The lowest BCUT2D eigenvalue weighted by atomic mass is 9.92. The van der Waals surface area contributed by atoms with Crippen LogP contribution in [0.15, 0.2) is 0 Å². The summed E-state index contributed by atoms with van der Waals surface area (Å²) in [5.41, 5.74) is 0.202. The Hall–Kier alpha value is 0.0700. The topological polar surface area (TPSA) is 43.4 Å². The molecule has 0 saturated heterocycles. The third-order valence-corrected chi connectivity index (χ3v) is 2.12. The van der Waals surface area contributed by atoms with Gasteiger partial charge in [-0.25, -0.2) is 4.31 Å². The lowest BCUT2D eigenvalue weighted by molar-refractivity contribution is 0.326. The van der Waals surface area contributed by atoms with Crippen molar-refractivity contribution >= 4 is 11.3 Å². The Balaban J connectivity index is 3.63. The fourth-order valence-corrected chi connectivity index (χ4v) is 0.808. The molecule has 0 aromatic heterocycles. The van der Waals surface area contributed by atoms with Crippen LogP contribution >= 0.6 is 0 Å². The normalized spacial score (nSPS) is 15.5. The Kier molecular flexibility index (Phi) is 4.21. The van der Waals surface area contributed by atoms with Gasteiger partial charge in [0.1, 0.15) is 0 Å². The van der Waals surface area contributed by atoms with Gasteiger partial charge in [0.2, 0.25) is 0 Å². The van der Waals surface area contributed by atoms with Crippen LogP contribution in [0.25, 0.3) is 0 Å². The first-order valence-corrected chi connectivity index (χ1v) is 4.66. The molecule has 0 aromatic carbocycles. The molecule has 0 N–H and O–H groups in total. The van der Waals surface area contributed by atoms with E-state index in [-0.39, 0.29) is 5.41 Å². The van der Waals surface area contributed by atoms with Crippen molar-refractivity contribution in [3.8, 4) is 0 Å². The van der Waals surface area contributed by atoms with Crippen LogP contribution in [0, 0.1) is 5.41 Å². The van der Waals surface area contributed by atoms with Crippen LogP contribution in [0.3, 0.4) is 0 Å². The van der Waals surface area contributed by atoms with Crippen LogP contribution in [-0.2, 0) is 11.3 Å². The van der Waals surface area contributed by atoms with E-state index < -0.39 is 11.3 Å². The molecule has 0 radical (unpaired) electrons. The fourth-order valence-electron chi connectivity index (χ4n) is 0.567. The van der Waals surface area contributed by atoms with E-state index in [1.165, 1.54) is 4.31 Å². The molecule has 4 heteroatoms. The molecule has 0 amide bonds. The summed E-state index contributed by atoms with van der Waals surface area (Å²) in [6.45, 7) is 6.87. The van der Waals surface area contributed by atoms with Crippen LogP contribution in [0.1, 0.15) is 27.2 Å². The largest absolute Gasteiger partial charge is 0.760 e. The van der Waals surface area contributed by atoms with E-state index >= 15 is 0 Å². The number of rotatable bonds is 3. The van der Waals surface area contributed by atoms with E-state index in [1.807, 2.05) is 0 Å². The highest BCUT2D eigenvalue weighted by Gasteiger charge is 2.10. The molecule has 0 rings (SSSR count). The van der Waals surface area contributed by atoms with Gasteiger partial charge in [0, 0.05) is 17.8 Å². The SMILES string of the molecule is CN(CCC(C)(C)C)S(=O)[O-]. The molecule has 3 nitrogen and oxygen atoms in total. The third kappa shape index (κ3) is 6.47. The molecule has 1 atom stereocenters. The van der Waals surface area contributed by atoms with Crippen molar-refractivity contribution in [1.29, 1.82) is 0 Å². The molecule has 1 unspecified atom stereocenters. The number of hydrogen-bond acceptors (Lipinski definition) is 2. The average Bonchev–Trinajstić information content (AvgIpc) is 1.80. The van der Waals surface area contributed by atoms with E-state index in [0.717, 1.165) is 6.42 Å². The van der Waals surface area contributed by atoms with Crippen LogP contribution in [-0.4, -0.2) is 26.7 Å². The quantitative estimate of drug-likeness (QED) is 0.608. The van der Waals surface area contributed by atoms with Gasteiger partial charge in [0.15, 0.2) is 0 Å². The molecule has 0 aliphatic rings. The van der Waals surface area contributed by atoms with Gasteiger partial charge < -0.3 is 4.55 Å². The number of hydrogen-bond donors (Lipinski definition) is 0. The Morgan fingerprint density at radius 1 is 1.45 bits per heavy atom. The maximum Gasteiger partial charge on any atom is 0.0206 e. The minimum absolute atomic E-state index is 0.202. The number of nitrogens with zero attached hydrogens (tertiary/aromatic N) is 1. The Morgan fingerprint density at radius 3 is 2.18 bits per heavy atom. The van der Waals surface area contributed by atoms with Gasteiger partial charge in [-0.1, -0.05) is 20.8 Å². The Labute approximate surface area is 71.2 Å². The van der Waals surface area contributed by atoms with E-state index in [4.69, 9.17) is 0 Å². The molecule has 0 aromatic rings. The summed E-state index contributed by atoms with van der Waals surface area (Å²) in [4.78, 5) is 0. The summed E-state index contributed by atoms with van der Waals surface area (Å²) in [5.74, 6) is 0. The van der Waals surface area contributed by atoms with E-state index in [1.54, 1.807) is 7.05 Å². The third-order valence-electron chi connectivity index (χ3n) is 1.43. The molecule has 0 bridgehead atoms. The zero-order valence-corrected chi connectivity index (χ0v) is 8.40. The zero-order chi connectivity index (χ0) is 9.07. The van der Waals surface area contributed by atoms with Crippen LogP contribution < -0.4 is 0 Å². The van der Waals surface area contributed by atoms with Crippen molar-refractivity contribution in [2.75, 3.05) is 13.6 Å². The van der Waals surface area contributed by atoms with Crippen molar-refractivity contribution < 1.29 is 8.76 Å². The van der Waals surface area contributed by atoms with Crippen LogP contribution in [0.2, 0.25) is 0 Å². The van der Waals surface area contributed by atoms with Gasteiger partial charge >= 0.3 is 0 Å². The van der Waals surface area contributed by atoms with E-state index in [9.17, 15) is 8.76 Å². The molecule has 0 heterocycles. The highest BCUT2D eigenvalue weighted by atomic mass is 32.2. The summed E-state index contributed by atoms with van der Waals surface area (Å²) < 4.78 is 22.0. The van der Waals surface area contributed by atoms with Gasteiger partial charge in [0.05, 0.1) is 0 Å². The Morgan fingerprint density at radius 2 is 1.91 bits per heavy atom. The maximum atomic E-state index is 10.3. The van der Waals surface area contributed by atoms with Gasteiger partial charge in [0.25, 0.3) is 0 Å². The lowest BCUT2D eigenvalue weighted by Crippen LogP contribution is -2.25. The second-order valence-electron chi connectivity index (χ2n) is 3.88. The summed E-state index contributed by atoms with van der Waals surface area (Å²) in [6.07, 6.45) is 0.886. The summed E-state index contributed by atoms with van der Waals surface area (Å²) >= 11 is -2.06. The molecule has 0 aliphatic carbocycles. The van der Waals surface area contributed by atoms with E-state index in [0.29, 0.717) is 6.54 Å². The van der Waals surface area contributed by atoms with Gasteiger partial charge in [-0.05, 0) is 18.9 Å². The standard InChI is InChI=1S/C7H17NO2S/c1-7(2,3)5-6-8(4)11(9)10/h5-6H2,1-4H3,(H,9,10)/p-1. The molecule has 0 aliphatic heterocycles. The second kappa shape index (κ2) is 4.18. The molecule has 0 fully saturated rings. The van der Waals surface area contributed by atoms with E-state index in [2.05, 4.69) is 20.8 Å². The molecular formula is C7H16NO2S-. The molecule has 68 valence electrons. The first kappa shape index (κ1) is 11.1. The minimum Gasteiger partial charge on any atom is -0.760 e. The second-order valence-corrected chi connectivity index (χ2v) is 4.94. The Bertz CT molecular complexity index is 142. The summed E-state index contributed by atoms with van der Waals surface area (Å²) in [5, 5.41) is 0. The smallest absolute Gasteiger partial charge is 0.0206 e. The highest BCUT2D eigenvalue weighted by Crippen LogP contribution is 2.18. The van der Waals surface area contributed by atoms with Crippen molar-refractivity contribution in [1.82, 2.24) is 4.31 Å². The monoisotopic (exact) mass is 178 g/mol. The van der Waals surface area contributed by atoms with Gasteiger partial charge in [-0.2, -0.15) is 0 Å². The van der Waals surface area contributed by atoms with Crippen molar-refractivity contribution in [3.63, 3.8) is 0 Å². The lowest BCUT2D eigenvalue weighted by Gasteiger charge is -2.24. The summed E-state index contributed by atoms with van der Waals surface area (Å²) in [6, 6.07) is 0. The molecule has 11 heavy (non-hydrogen) atoms. The predicted octanol–water partition coefficient (Wildman–Crippen LogP) is 1.15. The average molecular weight is 178 g/mol. The molecule has 0 saturated carbocycles. The van der Waals surface area contributed by atoms with Gasteiger partial charge in [-0.15, -0.1) is 0 Å². The first-order chi connectivity index (χ1) is 4.83. The van der Waals surface area contributed by atoms with Gasteiger partial charge in [-0.3, -0.25) is 4.21 Å². The van der Waals surface area contributed by atoms with Crippen LogP contribution in [0.5, 0.6) is 0 Å². The fraction of sp³-hybridized carbons (Fsp3) is 1.00. The first-order valence-electron chi connectivity index (χ1n) is 3.63. The maximum absolute atomic E-state index is 10.3. The molecule has 0 spiro atoms. The van der Waals surface area contributed by atoms with Crippen LogP contribution in [0.4, 0.5) is 0 Å². The van der Waals surface area contributed by atoms with Crippen molar-refractivity contribution in [2.24, 2.45) is 5.41 Å². The van der Waals surface area contributed by atoms with Crippen molar-refractivity contribution in [2.45, 2.75) is 27.2 Å². The minimum atomic E-state index is -2.06.